The molecule has 1 aliphatic rings. The van der Waals surface area contributed by atoms with Gasteiger partial charge in [-0.3, -0.25) is 9.59 Å². The molecular weight excluding hydrogens is 448 g/mol. The number of fused-ring (bicyclic) bond motifs is 3. The molecule has 0 saturated heterocycles. The van der Waals surface area contributed by atoms with Crippen LogP contribution in [0.2, 0.25) is 0 Å². The monoisotopic (exact) mass is 472 g/mol. The number of rotatable bonds is 9. The van der Waals surface area contributed by atoms with Crippen molar-refractivity contribution < 1.29 is 24.2 Å². The van der Waals surface area contributed by atoms with Crippen molar-refractivity contribution in [2.24, 2.45) is 0 Å². The minimum absolute atomic E-state index is 0.0212. The summed E-state index contributed by atoms with van der Waals surface area (Å²) in [6, 6.07) is 16.2. The molecule has 1 heterocycles. The number of ether oxygens (including phenoxy) is 1. The van der Waals surface area contributed by atoms with Crippen molar-refractivity contribution in [1.82, 2.24) is 19.8 Å². The molecule has 178 valence electrons. The van der Waals surface area contributed by atoms with Crippen molar-refractivity contribution in [1.29, 1.82) is 0 Å². The molecule has 1 aliphatic carbocycles. The predicted octanol–water partition coefficient (Wildman–Crippen LogP) is 2.58. The average Bonchev–Trinajstić information content (AvgIpc) is 3.45. The van der Waals surface area contributed by atoms with Gasteiger partial charge in [0, 0.05) is 25.2 Å². The first-order valence-electron chi connectivity index (χ1n) is 11.0. The zero-order valence-electron chi connectivity index (χ0n) is 18.9. The van der Waals surface area contributed by atoms with E-state index in [0.717, 1.165) is 27.2 Å². The van der Waals surface area contributed by atoms with Crippen molar-refractivity contribution in [2.75, 3.05) is 26.2 Å². The van der Waals surface area contributed by atoms with Crippen molar-refractivity contribution in [3.8, 4) is 23.5 Å². The number of carbonyl (C=O) groups is 3. The summed E-state index contributed by atoms with van der Waals surface area (Å²) in [5, 5.41) is 11.7. The summed E-state index contributed by atoms with van der Waals surface area (Å²) in [6.45, 7) is 0.168. The summed E-state index contributed by atoms with van der Waals surface area (Å²) in [6.07, 6.45) is 7.59. The number of benzene rings is 2. The van der Waals surface area contributed by atoms with Gasteiger partial charge in [0.05, 0.1) is 12.9 Å². The van der Waals surface area contributed by atoms with E-state index in [1.54, 1.807) is 4.57 Å². The molecule has 2 amide bonds. The standard InChI is InChI=1S/C26H24N4O5/c1-2-12-30(15-24(31)32)25(33)23-14-29(17-28-23)13-11-27-26(34)35-16-22-20-9-5-3-7-18(20)19-8-4-6-10-21(19)22/h1,3-10,14,17,22H,11-13,15-16H2,(H,27,34)(H,31,32). The summed E-state index contributed by atoms with van der Waals surface area (Å²) in [5.74, 6) is 0.503. The highest BCUT2D eigenvalue weighted by molar-refractivity contribution is 5.94. The number of aliphatic carboxylic acids is 1. The second kappa shape index (κ2) is 10.6. The van der Waals surface area contributed by atoms with Crippen LogP contribution < -0.4 is 5.32 Å². The van der Waals surface area contributed by atoms with Gasteiger partial charge in [0.2, 0.25) is 0 Å². The van der Waals surface area contributed by atoms with Gasteiger partial charge in [0.1, 0.15) is 18.8 Å². The van der Waals surface area contributed by atoms with Crippen molar-refractivity contribution >= 4 is 18.0 Å². The molecule has 0 unspecified atom stereocenters. The number of carbonyl (C=O) groups excluding carboxylic acids is 2. The molecule has 3 aromatic rings. The number of nitrogens with zero attached hydrogens (tertiary/aromatic N) is 3. The van der Waals surface area contributed by atoms with Crippen LogP contribution in [0.4, 0.5) is 4.79 Å². The molecule has 2 N–H and O–H groups in total. The fraction of sp³-hybridized carbons (Fsp3) is 0.231. The van der Waals surface area contributed by atoms with Crippen molar-refractivity contribution in [2.45, 2.75) is 12.5 Å². The summed E-state index contributed by atoms with van der Waals surface area (Å²) < 4.78 is 7.12. The highest BCUT2D eigenvalue weighted by Crippen LogP contribution is 2.44. The van der Waals surface area contributed by atoms with E-state index in [4.69, 9.17) is 16.3 Å². The van der Waals surface area contributed by atoms with E-state index in [1.807, 2.05) is 24.3 Å². The van der Waals surface area contributed by atoms with Crippen molar-refractivity contribution in [3.63, 3.8) is 0 Å². The number of nitrogens with one attached hydrogen (secondary N) is 1. The molecule has 0 saturated carbocycles. The van der Waals surface area contributed by atoms with Gasteiger partial charge in [0.15, 0.2) is 0 Å². The van der Waals surface area contributed by atoms with Crippen LogP contribution in [-0.2, 0) is 16.1 Å². The van der Waals surface area contributed by atoms with Crippen molar-refractivity contribution in [3.05, 3.63) is 77.9 Å². The summed E-state index contributed by atoms with van der Waals surface area (Å²) in [7, 11) is 0. The normalized spacial score (nSPS) is 11.7. The van der Waals surface area contributed by atoms with Crippen LogP contribution in [0.25, 0.3) is 11.1 Å². The van der Waals surface area contributed by atoms with Gasteiger partial charge in [-0.1, -0.05) is 54.5 Å². The predicted molar refractivity (Wildman–Crippen MR) is 128 cm³/mol. The Balaban J connectivity index is 1.28. The fourth-order valence-corrected chi connectivity index (χ4v) is 4.16. The quantitative estimate of drug-likeness (QED) is 0.463. The van der Waals surface area contributed by atoms with Gasteiger partial charge in [-0.2, -0.15) is 0 Å². The van der Waals surface area contributed by atoms with Gasteiger partial charge < -0.3 is 24.6 Å². The maximum absolute atomic E-state index is 12.5. The minimum atomic E-state index is -1.17. The highest BCUT2D eigenvalue weighted by Gasteiger charge is 2.29. The zero-order valence-corrected chi connectivity index (χ0v) is 18.9. The van der Waals surface area contributed by atoms with E-state index in [-0.39, 0.29) is 31.3 Å². The number of amides is 2. The van der Waals surface area contributed by atoms with Crippen LogP contribution in [0.3, 0.4) is 0 Å². The number of carboxylic acid groups (broad SMARTS) is 1. The molecule has 0 fully saturated rings. The largest absolute Gasteiger partial charge is 0.480 e. The van der Waals surface area contributed by atoms with E-state index in [2.05, 4.69) is 40.5 Å². The lowest BCUT2D eigenvalue weighted by molar-refractivity contribution is -0.137. The van der Waals surface area contributed by atoms with E-state index in [9.17, 15) is 14.4 Å². The second-order valence-electron chi connectivity index (χ2n) is 8.01. The summed E-state index contributed by atoms with van der Waals surface area (Å²) in [4.78, 5) is 40.7. The molecule has 9 nitrogen and oxygen atoms in total. The van der Waals surface area contributed by atoms with Gasteiger partial charge in [0.25, 0.3) is 5.91 Å². The number of carboxylic acids is 1. The number of hydrogen-bond acceptors (Lipinski definition) is 5. The van der Waals surface area contributed by atoms with E-state index >= 15 is 0 Å². The Kier molecular flexibility index (Phi) is 7.12. The van der Waals surface area contributed by atoms with Gasteiger partial charge in [-0.25, -0.2) is 9.78 Å². The second-order valence-corrected chi connectivity index (χ2v) is 8.01. The topological polar surface area (TPSA) is 114 Å². The molecule has 0 bridgehead atoms. The van der Waals surface area contributed by atoms with E-state index in [1.165, 1.54) is 12.5 Å². The Morgan fingerprint density at radius 2 is 1.77 bits per heavy atom. The van der Waals surface area contributed by atoms with Crippen LogP contribution in [0.15, 0.2) is 61.1 Å². The molecule has 0 spiro atoms. The fourth-order valence-electron chi connectivity index (χ4n) is 4.16. The van der Waals surface area contributed by atoms with Gasteiger partial charge >= 0.3 is 12.1 Å². The molecule has 4 rings (SSSR count). The first-order chi connectivity index (χ1) is 17.0. The Morgan fingerprint density at radius 3 is 2.40 bits per heavy atom. The average molecular weight is 473 g/mol. The van der Waals surface area contributed by atoms with E-state index < -0.39 is 24.5 Å². The highest BCUT2D eigenvalue weighted by atomic mass is 16.5. The molecule has 0 aliphatic heterocycles. The van der Waals surface area contributed by atoms with Crippen LogP contribution in [0.1, 0.15) is 27.5 Å². The molecular formula is C26H24N4O5. The third kappa shape index (κ3) is 5.33. The van der Waals surface area contributed by atoms with Crippen LogP contribution >= 0.6 is 0 Å². The molecule has 9 heteroatoms. The number of alkyl carbamates (subject to hydrolysis) is 1. The third-order valence-corrected chi connectivity index (χ3v) is 5.73. The molecule has 35 heavy (non-hydrogen) atoms. The van der Waals surface area contributed by atoms with Gasteiger partial charge in [-0.15, -0.1) is 6.42 Å². The lowest BCUT2D eigenvalue weighted by atomic mass is 9.98. The zero-order chi connectivity index (χ0) is 24.8. The molecule has 1 aromatic heterocycles. The molecule has 2 aromatic carbocycles. The lowest BCUT2D eigenvalue weighted by Gasteiger charge is -2.16. The van der Waals surface area contributed by atoms with Gasteiger partial charge in [-0.05, 0) is 22.3 Å². The van der Waals surface area contributed by atoms with Crippen LogP contribution in [0.5, 0.6) is 0 Å². The SMILES string of the molecule is C#CCN(CC(=O)O)C(=O)c1cn(CCNC(=O)OCC2c3ccccc3-c3ccccc32)cn1. The molecule has 0 atom stereocenters. The lowest BCUT2D eigenvalue weighted by Crippen LogP contribution is -2.36. The Morgan fingerprint density at radius 1 is 1.11 bits per heavy atom. The summed E-state index contributed by atoms with van der Waals surface area (Å²) in [5.41, 5.74) is 4.67. The maximum atomic E-state index is 12.5. The number of imidazole rings is 1. The minimum Gasteiger partial charge on any atom is -0.480 e. The maximum Gasteiger partial charge on any atom is 0.407 e. The number of aromatic nitrogens is 2. The number of hydrogen-bond donors (Lipinski definition) is 2. The Bertz CT molecular complexity index is 1250. The third-order valence-electron chi connectivity index (χ3n) is 5.73. The number of terminal acetylenes is 1. The Hall–Kier alpha value is -4.58. The first kappa shape index (κ1) is 23.6. The smallest absolute Gasteiger partial charge is 0.407 e. The van der Waals surface area contributed by atoms with Crippen LogP contribution in [0, 0.1) is 12.3 Å². The first-order valence-corrected chi connectivity index (χ1v) is 11.0. The van der Waals surface area contributed by atoms with Crippen LogP contribution in [-0.4, -0.2) is 63.8 Å². The summed E-state index contributed by atoms with van der Waals surface area (Å²) >= 11 is 0. The molecule has 0 radical (unpaired) electrons. The van der Waals surface area contributed by atoms with E-state index in [0.29, 0.717) is 6.54 Å². The Labute approximate surface area is 202 Å².